The molecule has 0 aliphatic rings. The minimum absolute atomic E-state index is 0.0647. The van der Waals surface area contributed by atoms with Crippen molar-refractivity contribution in [3.05, 3.63) is 29.2 Å². The Labute approximate surface area is 111 Å². The number of hydrogen-bond acceptors (Lipinski definition) is 3. The van der Waals surface area contributed by atoms with Gasteiger partial charge in [0.2, 0.25) is 0 Å². The number of aromatic nitrogens is 4. The molecule has 0 atom stereocenters. The van der Waals surface area contributed by atoms with Gasteiger partial charge < -0.3 is 5.73 Å². The van der Waals surface area contributed by atoms with Crippen LogP contribution in [0.4, 0.5) is 13.2 Å². The van der Waals surface area contributed by atoms with Gasteiger partial charge in [0.1, 0.15) is 10.7 Å². The first-order valence-corrected chi connectivity index (χ1v) is 5.58. The van der Waals surface area contributed by atoms with Crippen molar-refractivity contribution in [2.24, 2.45) is 12.8 Å². The first-order chi connectivity index (χ1) is 8.71. The van der Waals surface area contributed by atoms with Crippen molar-refractivity contribution in [1.82, 2.24) is 19.6 Å². The van der Waals surface area contributed by atoms with Crippen LogP contribution in [-0.4, -0.2) is 24.5 Å². The van der Waals surface area contributed by atoms with Gasteiger partial charge in [0, 0.05) is 13.1 Å². The second kappa shape index (κ2) is 4.34. The maximum Gasteiger partial charge on any atom is 0.433 e. The zero-order valence-corrected chi connectivity index (χ0v) is 10.9. The molecule has 0 fully saturated rings. The molecule has 19 heavy (non-hydrogen) atoms. The predicted molar refractivity (Wildman–Crippen MR) is 66.0 cm³/mol. The Kier molecular flexibility index (Phi) is 3.09. The fraction of sp³-hybridized carbons (Fsp3) is 0.300. The first-order valence-electron chi connectivity index (χ1n) is 5.18. The third-order valence-corrected chi connectivity index (χ3v) is 2.87. The summed E-state index contributed by atoms with van der Waals surface area (Å²) in [5, 5.41) is 7.74. The molecule has 5 nitrogen and oxygen atoms in total. The predicted octanol–water partition coefficient (Wildman–Crippen LogP) is 1.57. The van der Waals surface area contributed by atoms with Gasteiger partial charge in [-0.3, -0.25) is 4.68 Å². The molecule has 0 aliphatic carbocycles. The lowest BCUT2D eigenvalue weighted by molar-refractivity contribution is -0.143. The number of rotatable bonds is 2. The third-order valence-electron chi connectivity index (χ3n) is 2.65. The van der Waals surface area contributed by atoms with Gasteiger partial charge >= 0.3 is 6.18 Å². The highest BCUT2D eigenvalue weighted by Crippen LogP contribution is 2.30. The highest BCUT2D eigenvalue weighted by atomic mass is 32.1. The van der Waals surface area contributed by atoms with Gasteiger partial charge in [-0.05, 0) is 6.92 Å². The molecule has 0 radical (unpaired) electrons. The van der Waals surface area contributed by atoms with Crippen LogP contribution in [0.3, 0.4) is 0 Å². The molecule has 0 aliphatic heterocycles. The molecule has 0 amide bonds. The van der Waals surface area contributed by atoms with E-state index in [0.717, 1.165) is 10.7 Å². The normalized spacial score (nSPS) is 11.8. The van der Waals surface area contributed by atoms with E-state index in [-0.39, 0.29) is 10.8 Å². The summed E-state index contributed by atoms with van der Waals surface area (Å²) in [5.41, 5.74) is 5.68. The maximum absolute atomic E-state index is 12.7. The monoisotopic (exact) mass is 289 g/mol. The maximum atomic E-state index is 12.7. The van der Waals surface area contributed by atoms with Gasteiger partial charge in [-0.2, -0.15) is 23.4 Å². The number of aryl methyl sites for hydroxylation is 1. The minimum atomic E-state index is -4.47. The van der Waals surface area contributed by atoms with Gasteiger partial charge in [-0.1, -0.05) is 12.2 Å². The Balaban J connectivity index is 2.52. The van der Waals surface area contributed by atoms with Crippen LogP contribution in [-0.2, 0) is 13.2 Å². The summed E-state index contributed by atoms with van der Waals surface area (Å²) in [5.74, 6) is 0.0647. The van der Waals surface area contributed by atoms with E-state index in [1.54, 1.807) is 6.92 Å². The molecule has 0 bridgehead atoms. The van der Waals surface area contributed by atoms with E-state index in [9.17, 15) is 13.2 Å². The molecular formula is C10H10F3N5S. The van der Waals surface area contributed by atoms with Crippen LogP contribution in [0.5, 0.6) is 0 Å². The van der Waals surface area contributed by atoms with Gasteiger partial charge in [0.15, 0.2) is 5.82 Å². The van der Waals surface area contributed by atoms with Gasteiger partial charge in [-0.25, -0.2) is 4.68 Å². The van der Waals surface area contributed by atoms with Crippen LogP contribution in [0.25, 0.3) is 5.82 Å². The van der Waals surface area contributed by atoms with E-state index >= 15 is 0 Å². The summed E-state index contributed by atoms with van der Waals surface area (Å²) in [4.78, 5) is 0.135. The smallest absolute Gasteiger partial charge is 0.389 e. The summed E-state index contributed by atoms with van der Waals surface area (Å²) < 4.78 is 40.1. The second-order valence-electron chi connectivity index (χ2n) is 3.93. The summed E-state index contributed by atoms with van der Waals surface area (Å²) in [6.07, 6.45) is -3.06. The van der Waals surface area contributed by atoms with Crippen LogP contribution in [0, 0.1) is 6.92 Å². The summed E-state index contributed by atoms with van der Waals surface area (Å²) >= 11 is 4.82. The summed E-state index contributed by atoms with van der Waals surface area (Å²) in [6.45, 7) is 1.66. The average Bonchev–Trinajstić information content (AvgIpc) is 2.80. The molecule has 0 saturated carbocycles. The van der Waals surface area contributed by atoms with Crippen molar-refractivity contribution >= 4 is 17.2 Å². The molecule has 2 rings (SSSR count). The number of nitrogens with two attached hydrogens (primary N) is 1. The SMILES string of the molecule is Cc1c(C(N)=S)cnn1-c1cc(C(F)(F)F)n(C)n1. The zero-order valence-electron chi connectivity index (χ0n) is 10.1. The number of thiocarbonyl (C=S) groups is 1. The Morgan fingerprint density at radius 2 is 2.05 bits per heavy atom. The first kappa shape index (κ1) is 13.5. The van der Waals surface area contributed by atoms with Crippen molar-refractivity contribution in [2.45, 2.75) is 13.1 Å². The lowest BCUT2D eigenvalue weighted by Crippen LogP contribution is -2.11. The molecule has 102 valence electrons. The Hall–Kier alpha value is -1.90. The molecule has 0 spiro atoms. The minimum Gasteiger partial charge on any atom is -0.389 e. The lowest BCUT2D eigenvalue weighted by atomic mass is 10.2. The van der Waals surface area contributed by atoms with E-state index < -0.39 is 11.9 Å². The van der Waals surface area contributed by atoms with Crippen molar-refractivity contribution in [2.75, 3.05) is 0 Å². The van der Waals surface area contributed by atoms with E-state index in [4.69, 9.17) is 18.0 Å². The van der Waals surface area contributed by atoms with E-state index in [0.29, 0.717) is 11.3 Å². The molecule has 0 aromatic carbocycles. The zero-order chi connectivity index (χ0) is 14.4. The molecule has 2 heterocycles. The number of halogens is 3. The van der Waals surface area contributed by atoms with E-state index in [1.165, 1.54) is 17.9 Å². The average molecular weight is 289 g/mol. The van der Waals surface area contributed by atoms with Gasteiger partial charge in [0.25, 0.3) is 0 Å². The van der Waals surface area contributed by atoms with Crippen molar-refractivity contribution in [1.29, 1.82) is 0 Å². The fourth-order valence-corrected chi connectivity index (χ4v) is 1.90. The van der Waals surface area contributed by atoms with Gasteiger partial charge in [-0.15, -0.1) is 0 Å². The Bertz CT molecular complexity index is 640. The van der Waals surface area contributed by atoms with Crippen LogP contribution in [0.2, 0.25) is 0 Å². The van der Waals surface area contributed by atoms with Gasteiger partial charge in [0.05, 0.1) is 17.5 Å². The van der Waals surface area contributed by atoms with Crippen LogP contribution in [0.1, 0.15) is 17.0 Å². The number of alkyl halides is 3. The Morgan fingerprint density at radius 1 is 1.42 bits per heavy atom. The topological polar surface area (TPSA) is 61.7 Å². The third kappa shape index (κ3) is 2.33. The Morgan fingerprint density at radius 3 is 2.47 bits per heavy atom. The highest BCUT2D eigenvalue weighted by Gasteiger charge is 2.35. The second-order valence-corrected chi connectivity index (χ2v) is 4.37. The molecule has 2 aromatic rings. The highest BCUT2D eigenvalue weighted by molar-refractivity contribution is 7.80. The molecule has 9 heteroatoms. The molecule has 2 N–H and O–H groups in total. The molecule has 0 saturated heterocycles. The molecular weight excluding hydrogens is 279 g/mol. The number of hydrogen-bond donors (Lipinski definition) is 1. The van der Waals surface area contributed by atoms with E-state index in [2.05, 4.69) is 10.2 Å². The largest absolute Gasteiger partial charge is 0.433 e. The van der Waals surface area contributed by atoms with Crippen molar-refractivity contribution < 1.29 is 13.2 Å². The van der Waals surface area contributed by atoms with Crippen molar-refractivity contribution in [3.63, 3.8) is 0 Å². The fourth-order valence-electron chi connectivity index (χ4n) is 1.70. The summed E-state index contributed by atoms with van der Waals surface area (Å²) in [6, 6.07) is 0.920. The molecule has 2 aromatic heterocycles. The standard InChI is InChI=1S/C10H10F3N5S/c1-5-6(9(14)19)4-15-18(5)8-3-7(10(11,12)13)17(2)16-8/h3-4H,1-2H3,(H2,14,19). The van der Waals surface area contributed by atoms with Crippen LogP contribution in [0.15, 0.2) is 12.3 Å². The quantitative estimate of drug-likeness (QED) is 0.852. The summed E-state index contributed by atoms with van der Waals surface area (Å²) in [7, 11) is 1.22. The lowest BCUT2D eigenvalue weighted by Gasteiger charge is -2.04. The van der Waals surface area contributed by atoms with Crippen LogP contribution < -0.4 is 5.73 Å². The van der Waals surface area contributed by atoms with E-state index in [1.807, 2.05) is 0 Å². The van der Waals surface area contributed by atoms with Crippen molar-refractivity contribution in [3.8, 4) is 5.82 Å². The number of nitrogens with zero attached hydrogens (tertiary/aromatic N) is 4. The molecule has 0 unspecified atom stereocenters. The van der Waals surface area contributed by atoms with Crippen LogP contribution >= 0.6 is 12.2 Å².